The molecule has 1 heterocycles. The zero-order valence-electron chi connectivity index (χ0n) is 15.0. The van der Waals surface area contributed by atoms with Gasteiger partial charge in [-0.25, -0.2) is 0 Å². The molecule has 0 aliphatic rings. The minimum atomic E-state index is 0.538. The molecule has 0 radical (unpaired) electrons. The Morgan fingerprint density at radius 3 is 2.38 bits per heavy atom. The molecule has 0 atom stereocenters. The van der Waals surface area contributed by atoms with Crippen molar-refractivity contribution in [1.29, 1.82) is 0 Å². The van der Waals surface area contributed by atoms with Crippen LogP contribution in [0.5, 0.6) is 0 Å². The van der Waals surface area contributed by atoms with Gasteiger partial charge in [-0.2, -0.15) is 0 Å². The molecule has 1 heteroatoms. The molecular weight excluding hydrogens is 332 g/mol. The van der Waals surface area contributed by atoms with Crippen LogP contribution in [0, 0.1) is 0 Å². The second-order valence-electron chi connectivity index (χ2n) is 7.25. The minimum absolute atomic E-state index is 0.538. The van der Waals surface area contributed by atoms with Crippen LogP contribution in [-0.4, -0.2) is 0 Å². The molecule has 0 saturated carbocycles. The quantitative estimate of drug-likeness (QED) is 0.302. The van der Waals surface area contributed by atoms with Crippen LogP contribution in [0.15, 0.2) is 78.9 Å². The highest BCUT2D eigenvalue weighted by molar-refractivity contribution is 7.25. The zero-order chi connectivity index (χ0) is 17.7. The fourth-order valence-electron chi connectivity index (χ4n) is 3.79. The monoisotopic (exact) mass is 352 g/mol. The van der Waals surface area contributed by atoms with Crippen LogP contribution in [0.2, 0.25) is 0 Å². The number of thiophene rings is 1. The molecule has 0 unspecified atom stereocenters. The van der Waals surface area contributed by atoms with Crippen LogP contribution in [0.25, 0.3) is 42.1 Å². The van der Waals surface area contributed by atoms with E-state index in [9.17, 15) is 0 Å². The van der Waals surface area contributed by atoms with Crippen molar-refractivity contribution in [2.75, 3.05) is 0 Å². The van der Waals surface area contributed by atoms with E-state index in [1.165, 1.54) is 47.6 Å². The fourth-order valence-corrected chi connectivity index (χ4v) is 4.88. The van der Waals surface area contributed by atoms with Gasteiger partial charge in [-0.15, -0.1) is 11.3 Å². The average molecular weight is 353 g/mol. The third-order valence-electron chi connectivity index (χ3n) is 5.26. The van der Waals surface area contributed by atoms with Gasteiger partial charge in [-0.1, -0.05) is 74.5 Å². The summed E-state index contributed by atoms with van der Waals surface area (Å²) in [5.74, 6) is 0.538. The highest BCUT2D eigenvalue weighted by Gasteiger charge is 2.10. The molecule has 0 bridgehead atoms. The molecular formula is C25H20S. The summed E-state index contributed by atoms with van der Waals surface area (Å²) < 4.78 is 2.72. The Hall–Kier alpha value is -2.64. The van der Waals surface area contributed by atoms with Crippen molar-refractivity contribution < 1.29 is 0 Å². The van der Waals surface area contributed by atoms with E-state index < -0.39 is 0 Å². The standard InChI is InChI=1S/C25H20S/c1-16(2)18-11-10-17-6-5-8-20(22(17)14-18)19-12-13-25-23(15-19)21-7-3-4-9-24(21)26-25/h3-16H,1-2H3. The third-order valence-corrected chi connectivity index (χ3v) is 6.41. The first kappa shape index (κ1) is 15.6. The first-order chi connectivity index (χ1) is 12.7. The van der Waals surface area contributed by atoms with Gasteiger partial charge in [0.15, 0.2) is 0 Å². The maximum Gasteiger partial charge on any atom is 0.0355 e. The molecule has 0 fully saturated rings. The molecule has 0 aliphatic heterocycles. The van der Waals surface area contributed by atoms with Gasteiger partial charge in [0.25, 0.3) is 0 Å². The van der Waals surface area contributed by atoms with E-state index >= 15 is 0 Å². The lowest BCUT2D eigenvalue weighted by Crippen LogP contribution is -1.88. The second kappa shape index (κ2) is 5.96. The molecule has 5 aromatic rings. The van der Waals surface area contributed by atoms with Crippen LogP contribution in [-0.2, 0) is 0 Å². The van der Waals surface area contributed by atoms with Crippen LogP contribution in [0.1, 0.15) is 25.3 Å². The van der Waals surface area contributed by atoms with Crippen molar-refractivity contribution in [1.82, 2.24) is 0 Å². The van der Waals surface area contributed by atoms with Gasteiger partial charge in [-0.05, 0) is 51.6 Å². The van der Waals surface area contributed by atoms with Gasteiger partial charge >= 0.3 is 0 Å². The normalized spacial score (nSPS) is 11.8. The molecule has 0 aliphatic carbocycles. The predicted molar refractivity (Wildman–Crippen MR) is 116 cm³/mol. The van der Waals surface area contributed by atoms with Crippen LogP contribution in [0.3, 0.4) is 0 Å². The summed E-state index contributed by atoms with van der Waals surface area (Å²) >= 11 is 1.88. The Kier molecular flexibility index (Phi) is 3.58. The Morgan fingerprint density at radius 2 is 1.50 bits per heavy atom. The van der Waals surface area contributed by atoms with E-state index in [1.807, 2.05) is 11.3 Å². The zero-order valence-corrected chi connectivity index (χ0v) is 15.8. The van der Waals surface area contributed by atoms with Gasteiger partial charge in [0.2, 0.25) is 0 Å². The average Bonchev–Trinajstić information content (AvgIpc) is 3.05. The molecule has 126 valence electrons. The van der Waals surface area contributed by atoms with E-state index in [0.717, 1.165) is 0 Å². The lowest BCUT2D eigenvalue weighted by atomic mass is 9.93. The largest absolute Gasteiger partial charge is 0.135 e. The summed E-state index contributed by atoms with van der Waals surface area (Å²) in [5, 5.41) is 5.37. The van der Waals surface area contributed by atoms with Gasteiger partial charge in [0, 0.05) is 20.2 Å². The summed E-state index contributed by atoms with van der Waals surface area (Å²) in [6, 6.07) is 29.1. The maximum atomic E-state index is 2.37. The van der Waals surface area contributed by atoms with Gasteiger partial charge in [0.05, 0.1) is 0 Å². The minimum Gasteiger partial charge on any atom is -0.135 e. The Bertz CT molecular complexity index is 1260. The van der Waals surface area contributed by atoms with Gasteiger partial charge in [0.1, 0.15) is 0 Å². The van der Waals surface area contributed by atoms with E-state index in [0.29, 0.717) is 5.92 Å². The number of benzene rings is 4. The Balaban J connectivity index is 1.79. The number of fused-ring (bicyclic) bond motifs is 4. The molecule has 0 spiro atoms. The number of hydrogen-bond donors (Lipinski definition) is 0. The van der Waals surface area contributed by atoms with E-state index in [1.54, 1.807) is 0 Å². The van der Waals surface area contributed by atoms with Crippen molar-refractivity contribution in [3.8, 4) is 11.1 Å². The highest BCUT2D eigenvalue weighted by Crippen LogP contribution is 2.38. The van der Waals surface area contributed by atoms with Crippen LogP contribution >= 0.6 is 11.3 Å². The topological polar surface area (TPSA) is 0 Å². The van der Waals surface area contributed by atoms with Crippen LogP contribution in [0.4, 0.5) is 0 Å². The van der Waals surface area contributed by atoms with Crippen molar-refractivity contribution >= 4 is 42.3 Å². The van der Waals surface area contributed by atoms with E-state index in [4.69, 9.17) is 0 Å². The first-order valence-corrected chi connectivity index (χ1v) is 9.97. The molecule has 0 nitrogen and oxygen atoms in total. The Morgan fingerprint density at radius 1 is 0.654 bits per heavy atom. The van der Waals surface area contributed by atoms with Crippen molar-refractivity contribution in [2.24, 2.45) is 0 Å². The lowest BCUT2D eigenvalue weighted by Gasteiger charge is -2.11. The maximum absolute atomic E-state index is 2.37. The smallest absolute Gasteiger partial charge is 0.0355 e. The van der Waals surface area contributed by atoms with Gasteiger partial charge < -0.3 is 0 Å². The summed E-state index contributed by atoms with van der Waals surface area (Å²) in [6.45, 7) is 4.51. The molecule has 4 aromatic carbocycles. The second-order valence-corrected chi connectivity index (χ2v) is 8.33. The van der Waals surface area contributed by atoms with Crippen molar-refractivity contribution in [3.63, 3.8) is 0 Å². The third kappa shape index (κ3) is 2.43. The highest BCUT2D eigenvalue weighted by atomic mass is 32.1. The summed E-state index contributed by atoms with van der Waals surface area (Å²) in [7, 11) is 0. The molecule has 26 heavy (non-hydrogen) atoms. The predicted octanol–water partition coefficient (Wildman–Crippen LogP) is 8.00. The number of hydrogen-bond acceptors (Lipinski definition) is 1. The van der Waals surface area contributed by atoms with E-state index in [-0.39, 0.29) is 0 Å². The van der Waals surface area contributed by atoms with Crippen molar-refractivity contribution in [2.45, 2.75) is 19.8 Å². The molecule has 5 rings (SSSR count). The molecule has 0 N–H and O–H groups in total. The first-order valence-electron chi connectivity index (χ1n) is 9.15. The van der Waals surface area contributed by atoms with E-state index in [2.05, 4.69) is 92.7 Å². The SMILES string of the molecule is CC(C)c1ccc2cccc(-c3ccc4sc5ccccc5c4c3)c2c1. The van der Waals surface area contributed by atoms with Crippen molar-refractivity contribution in [3.05, 3.63) is 84.4 Å². The lowest BCUT2D eigenvalue weighted by molar-refractivity contribution is 0.869. The Labute approximate surface area is 157 Å². The molecule has 0 saturated heterocycles. The fraction of sp³-hybridized carbons (Fsp3) is 0.120. The van der Waals surface area contributed by atoms with Crippen LogP contribution < -0.4 is 0 Å². The van der Waals surface area contributed by atoms with Gasteiger partial charge in [-0.3, -0.25) is 0 Å². The summed E-state index contributed by atoms with van der Waals surface area (Å²) in [5.41, 5.74) is 4.02. The molecule has 1 aromatic heterocycles. The number of rotatable bonds is 2. The molecule has 0 amide bonds. The summed E-state index contributed by atoms with van der Waals surface area (Å²) in [6.07, 6.45) is 0. The summed E-state index contributed by atoms with van der Waals surface area (Å²) in [4.78, 5) is 0.